The predicted molar refractivity (Wildman–Crippen MR) is 133 cm³/mol. The molecule has 6 aromatic rings. The van der Waals surface area contributed by atoms with E-state index in [9.17, 15) is 0 Å². The second kappa shape index (κ2) is 7.64. The van der Waals surface area contributed by atoms with Crippen LogP contribution < -0.4 is 4.74 Å². The van der Waals surface area contributed by atoms with Crippen LogP contribution in [0.1, 0.15) is 11.1 Å². The van der Waals surface area contributed by atoms with Gasteiger partial charge in [-0.25, -0.2) is 9.97 Å². The molecular weight excluding hydrogens is 408 g/mol. The molecule has 0 aliphatic carbocycles. The summed E-state index contributed by atoms with van der Waals surface area (Å²) in [6.45, 7) is 4.16. The van der Waals surface area contributed by atoms with E-state index < -0.39 is 0 Å². The van der Waals surface area contributed by atoms with Gasteiger partial charge in [-0.3, -0.25) is 0 Å². The number of nitrogens with zero attached hydrogens (tertiary/aromatic N) is 2. The van der Waals surface area contributed by atoms with Crippen LogP contribution >= 0.6 is 0 Å². The van der Waals surface area contributed by atoms with Gasteiger partial charge in [0, 0.05) is 11.1 Å². The number of nitrogens with one attached hydrogen (secondary N) is 2. The molecule has 0 spiro atoms. The van der Waals surface area contributed by atoms with Crippen LogP contribution in [-0.2, 0) is 0 Å². The van der Waals surface area contributed by atoms with Crippen LogP contribution in [-0.4, -0.2) is 19.9 Å². The molecule has 0 aliphatic rings. The SMILES string of the molecule is Cc1ccc2nc(-c3ccc(Oc4ccc(-c5nc6ccc(C)cc6[nH]5)cc4)cc3)[nH]c2c1. The predicted octanol–water partition coefficient (Wildman–Crippen LogP) is 7.18. The highest BCUT2D eigenvalue weighted by atomic mass is 16.5. The summed E-state index contributed by atoms with van der Waals surface area (Å²) < 4.78 is 6.05. The Hall–Kier alpha value is -4.38. The molecule has 0 saturated carbocycles. The van der Waals surface area contributed by atoms with E-state index in [1.54, 1.807) is 0 Å². The third-order valence-corrected chi connectivity index (χ3v) is 5.77. The van der Waals surface area contributed by atoms with Crippen LogP contribution in [0.15, 0.2) is 84.9 Å². The van der Waals surface area contributed by atoms with E-state index in [1.807, 2.05) is 60.7 Å². The minimum absolute atomic E-state index is 0.776. The molecule has 0 bridgehead atoms. The lowest BCUT2D eigenvalue weighted by molar-refractivity contribution is 0.483. The van der Waals surface area contributed by atoms with Crippen molar-refractivity contribution >= 4 is 22.1 Å². The van der Waals surface area contributed by atoms with E-state index in [-0.39, 0.29) is 0 Å². The molecule has 0 aliphatic heterocycles. The van der Waals surface area contributed by atoms with Crippen LogP contribution in [0.25, 0.3) is 44.8 Å². The lowest BCUT2D eigenvalue weighted by Gasteiger charge is -2.07. The van der Waals surface area contributed by atoms with Gasteiger partial charge in [-0.1, -0.05) is 12.1 Å². The maximum absolute atomic E-state index is 6.05. The van der Waals surface area contributed by atoms with E-state index in [4.69, 9.17) is 14.7 Å². The maximum Gasteiger partial charge on any atom is 0.138 e. The summed E-state index contributed by atoms with van der Waals surface area (Å²) in [5.74, 6) is 3.26. The van der Waals surface area contributed by atoms with Gasteiger partial charge in [-0.2, -0.15) is 0 Å². The molecule has 4 aromatic carbocycles. The molecule has 0 fully saturated rings. The Morgan fingerprint density at radius 2 is 0.970 bits per heavy atom. The first-order valence-corrected chi connectivity index (χ1v) is 10.9. The lowest BCUT2D eigenvalue weighted by atomic mass is 10.2. The quantitative estimate of drug-likeness (QED) is 0.311. The number of aromatic nitrogens is 4. The molecule has 5 heteroatoms. The Morgan fingerprint density at radius 1 is 0.545 bits per heavy atom. The number of aryl methyl sites for hydroxylation is 2. The van der Waals surface area contributed by atoms with Crippen LogP contribution in [0.3, 0.4) is 0 Å². The molecule has 0 amide bonds. The summed E-state index contributed by atoms with van der Waals surface area (Å²) in [4.78, 5) is 16.2. The van der Waals surface area contributed by atoms with Crippen molar-refractivity contribution in [3.63, 3.8) is 0 Å². The zero-order chi connectivity index (χ0) is 22.4. The van der Waals surface area contributed by atoms with Crippen molar-refractivity contribution in [3.05, 3.63) is 96.1 Å². The number of ether oxygens (including phenoxy) is 1. The van der Waals surface area contributed by atoms with Gasteiger partial charge in [-0.15, -0.1) is 0 Å². The van der Waals surface area contributed by atoms with Gasteiger partial charge in [0.2, 0.25) is 0 Å². The largest absolute Gasteiger partial charge is 0.457 e. The average Bonchev–Trinajstić information content (AvgIpc) is 3.43. The Morgan fingerprint density at radius 3 is 1.39 bits per heavy atom. The zero-order valence-corrected chi connectivity index (χ0v) is 18.4. The first kappa shape index (κ1) is 19.3. The van der Waals surface area contributed by atoms with Gasteiger partial charge >= 0.3 is 0 Å². The molecule has 160 valence electrons. The van der Waals surface area contributed by atoms with Gasteiger partial charge < -0.3 is 14.7 Å². The fourth-order valence-corrected chi connectivity index (χ4v) is 4.02. The van der Waals surface area contributed by atoms with Crippen molar-refractivity contribution in [2.75, 3.05) is 0 Å². The van der Waals surface area contributed by atoms with Gasteiger partial charge in [0.1, 0.15) is 23.1 Å². The number of hydrogen-bond acceptors (Lipinski definition) is 3. The van der Waals surface area contributed by atoms with Crippen molar-refractivity contribution in [3.8, 4) is 34.3 Å². The topological polar surface area (TPSA) is 66.6 Å². The van der Waals surface area contributed by atoms with Crippen LogP contribution in [0, 0.1) is 13.8 Å². The molecule has 0 atom stereocenters. The fraction of sp³-hybridized carbons (Fsp3) is 0.0714. The summed E-state index contributed by atoms with van der Waals surface area (Å²) >= 11 is 0. The van der Waals surface area contributed by atoms with Crippen molar-refractivity contribution in [1.29, 1.82) is 0 Å². The smallest absolute Gasteiger partial charge is 0.138 e. The van der Waals surface area contributed by atoms with E-state index in [0.717, 1.165) is 56.3 Å². The summed E-state index contributed by atoms with van der Waals surface area (Å²) in [5, 5.41) is 0. The zero-order valence-electron chi connectivity index (χ0n) is 18.4. The summed E-state index contributed by atoms with van der Waals surface area (Å²) in [5.41, 5.74) is 8.49. The maximum atomic E-state index is 6.05. The molecule has 2 heterocycles. The van der Waals surface area contributed by atoms with Crippen LogP contribution in [0.4, 0.5) is 0 Å². The highest BCUT2D eigenvalue weighted by molar-refractivity contribution is 5.81. The number of H-pyrrole nitrogens is 2. The van der Waals surface area contributed by atoms with Crippen molar-refractivity contribution in [2.24, 2.45) is 0 Å². The second-order valence-corrected chi connectivity index (χ2v) is 8.36. The fourth-order valence-electron chi connectivity index (χ4n) is 4.02. The third kappa shape index (κ3) is 3.74. The van der Waals surface area contributed by atoms with E-state index in [2.05, 4.69) is 48.1 Å². The molecule has 2 aromatic heterocycles. The standard InChI is InChI=1S/C28H22N4O/c1-17-3-13-23-25(15-17)31-27(29-23)19-5-9-21(10-6-19)33-22-11-7-20(8-12-22)28-30-24-14-4-18(2)16-26(24)32-28/h3-16H,1-2H3,(H,29,31)(H,30,32). The molecule has 0 unspecified atom stereocenters. The van der Waals surface area contributed by atoms with Crippen molar-refractivity contribution < 1.29 is 4.74 Å². The first-order valence-electron chi connectivity index (χ1n) is 10.9. The molecule has 2 N–H and O–H groups in total. The number of hydrogen-bond donors (Lipinski definition) is 2. The molecule has 33 heavy (non-hydrogen) atoms. The lowest BCUT2D eigenvalue weighted by Crippen LogP contribution is -1.86. The molecular formula is C28H22N4O. The third-order valence-electron chi connectivity index (χ3n) is 5.77. The Labute approximate surface area is 191 Å². The number of fused-ring (bicyclic) bond motifs is 2. The normalized spacial score (nSPS) is 11.3. The molecule has 0 saturated heterocycles. The first-order chi connectivity index (χ1) is 16.1. The van der Waals surface area contributed by atoms with E-state index in [0.29, 0.717) is 0 Å². The molecule has 5 nitrogen and oxygen atoms in total. The number of benzene rings is 4. The van der Waals surface area contributed by atoms with Gasteiger partial charge in [0.05, 0.1) is 22.1 Å². The highest BCUT2D eigenvalue weighted by Crippen LogP contribution is 2.28. The van der Waals surface area contributed by atoms with Crippen LogP contribution in [0.2, 0.25) is 0 Å². The van der Waals surface area contributed by atoms with E-state index in [1.165, 1.54) is 11.1 Å². The monoisotopic (exact) mass is 430 g/mol. The minimum atomic E-state index is 0.776. The summed E-state index contributed by atoms with van der Waals surface area (Å²) in [7, 11) is 0. The van der Waals surface area contributed by atoms with Gasteiger partial charge in [0.25, 0.3) is 0 Å². The van der Waals surface area contributed by atoms with E-state index >= 15 is 0 Å². The summed E-state index contributed by atoms with van der Waals surface area (Å²) in [6, 6.07) is 28.4. The Balaban J connectivity index is 1.19. The van der Waals surface area contributed by atoms with Gasteiger partial charge in [0.15, 0.2) is 0 Å². The Bertz CT molecular complexity index is 1470. The van der Waals surface area contributed by atoms with Gasteiger partial charge in [-0.05, 0) is 97.8 Å². The van der Waals surface area contributed by atoms with Crippen molar-refractivity contribution in [2.45, 2.75) is 13.8 Å². The average molecular weight is 431 g/mol. The Kier molecular flexibility index (Phi) is 4.47. The highest BCUT2D eigenvalue weighted by Gasteiger charge is 2.08. The number of aromatic amines is 2. The second-order valence-electron chi connectivity index (χ2n) is 8.36. The molecule has 0 radical (unpaired) electrons. The summed E-state index contributed by atoms with van der Waals surface area (Å²) in [6.07, 6.45) is 0. The molecule has 6 rings (SSSR count). The van der Waals surface area contributed by atoms with Crippen molar-refractivity contribution in [1.82, 2.24) is 19.9 Å². The minimum Gasteiger partial charge on any atom is -0.457 e. The number of imidazole rings is 2. The van der Waals surface area contributed by atoms with Crippen LogP contribution in [0.5, 0.6) is 11.5 Å². The number of rotatable bonds is 4.